The topological polar surface area (TPSA) is 46.5 Å². The normalized spacial score (nSPS) is 12.3. The van der Waals surface area contributed by atoms with E-state index in [9.17, 15) is 4.79 Å². The lowest BCUT2D eigenvalue weighted by atomic mass is 10.1. The Morgan fingerprint density at radius 1 is 1.28 bits per heavy atom. The molecule has 0 radical (unpaired) electrons. The van der Waals surface area contributed by atoms with Gasteiger partial charge in [0.15, 0.2) is 0 Å². The quantitative estimate of drug-likeness (QED) is 0.933. The van der Waals surface area contributed by atoms with Crippen molar-refractivity contribution in [3.05, 3.63) is 40.9 Å². The van der Waals surface area contributed by atoms with Gasteiger partial charge in [0.2, 0.25) is 0 Å². The maximum Gasteiger partial charge on any atom is 0.307 e. The van der Waals surface area contributed by atoms with E-state index in [4.69, 9.17) is 9.84 Å². The molecule has 2 rings (SSSR count). The number of aliphatic carboxylic acids is 1. The zero-order chi connectivity index (χ0) is 13.1. The Morgan fingerprint density at radius 2 is 1.94 bits per heavy atom. The molecule has 18 heavy (non-hydrogen) atoms. The third kappa shape index (κ3) is 3.23. The third-order valence-corrected chi connectivity index (χ3v) is 3.07. The minimum absolute atomic E-state index is 0.00161. The number of fused-ring (bicyclic) bond motifs is 1. The van der Waals surface area contributed by atoms with Crippen LogP contribution in [-0.2, 0) is 4.79 Å². The second kappa shape index (κ2) is 5.40. The number of carboxylic acid groups (broad SMARTS) is 1. The lowest BCUT2D eigenvalue weighted by Gasteiger charge is -2.13. The molecule has 0 aromatic heterocycles. The summed E-state index contributed by atoms with van der Waals surface area (Å²) in [5.74, 6) is -0.161. The summed E-state index contributed by atoms with van der Waals surface area (Å²) < 4.78 is 6.60. The Kier molecular flexibility index (Phi) is 3.87. The molecule has 0 aliphatic rings. The van der Waals surface area contributed by atoms with Gasteiger partial charge in [-0.15, -0.1) is 0 Å². The predicted octanol–water partition coefficient (Wildman–Crippen LogP) is 3.84. The van der Waals surface area contributed by atoms with Crippen LogP contribution in [0.25, 0.3) is 10.8 Å². The summed E-state index contributed by atoms with van der Waals surface area (Å²) in [5.41, 5.74) is 0. The zero-order valence-electron chi connectivity index (χ0n) is 9.89. The molecule has 2 aromatic carbocycles. The van der Waals surface area contributed by atoms with E-state index < -0.39 is 5.97 Å². The average Bonchev–Trinajstić information content (AvgIpc) is 2.28. The summed E-state index contributed by atoms with van der Waals surface area (Å²) in [5, 5.41) is 10.9. The summed E-state index contributed by atoms with van der Waals surface area (Å²) in [7, 11) is 0. The summed E-state index contributed by atoms with van der Waals surface area (Å²) in [4.78, 5) is 10.6. The Labute approximate surface area is 114 Å². The maximum atomic E-state index is 10.6. The van der Waals surface area contributed by atoms with E-state index in [1.807, 2.05) is 36.4 Å². The van der Waals surface area contributed by atoms with Gasteiger partial charge in [-0.25, -0.2) is 0 Å². The number of carboxylic acids is 1. The maximum absolute atomic E-state index is 10.6. The first kappa shape index (κ1) is 12.9. The standard InChI is InChI=1S/C14H13BrO3/c1-9(6-14(16)17)18-13-5-3-10-7-12(15)4-2-11(10)8-13/h2-5,7-9H,6H2,1H3,(H,16,17). The van der Waals surface area contributed by atoms with E-state index in [2.05, 4.69) is 15.9 Å². The van der Waals surface area contributed by atoms with E-state index in [0.29, 0.717) is 5.75 Å². The minimum atomic E-state index is -0.854. The van der Waals surface area contributed by atoms with E-state index >= 15 is 0 Å². The molecule has 1 atom stereocenters. The van der Waals surface area contributed by atoms with Crippen LogP contribution in [0.5, 0.6) is 5.75 Å². The van der Waals surface area contributed by atoms with Gasteiger partial charge >= 0.3 is 5.97 Å². The van der Waals surface area contributed by atoms with Crippen LogP contribution in [0.15, 0.2) is 40.9 Å². The van der Waals surface area contributed by atoms with Gasteiger partial charge in [0.1, 0.15) is 11.9 Å². The molecule has 3 nitrogen and oxygen atoms in total. The Hall–Kier alpha value is -1.55. The first-order valence-electron chi connectivity index (χ1n) is 5.62. The number of rotatable bonds is 4. The number of hydrogen-bond acceptors (Lipinski definition) is 2. The smallest absolute Gasteiger partial charge is 0.307 e. The fraction of sp³-hybridized carbons (Fsp3) is 0.214. The van der Waals surface area contributed by atoms with Crippen LogP contribution >= 0.6 is 15.9 Å². The molecule has 4 heteroatoms. The molecule has 0 bridgehead atoms. The van der Waals surface area contributed by atoms with Crippen LogP contribution in [0.2, 0.25) is 0 Å². The molecule has 0 heterocycles. The number of benzene rings is 2. The molecule has 0 spiro atoms. The first-order chi connectivity index (χ1) is 8.54. The largest absolute Gasteiger partial charge is 0.490 e. The van der Waals surface area contributed by atoms with E-state index in [1.165, 1.54) is 0 Å². The van der Waals surface area contributed by atoms with Gasteiger partial charge in [-0.1, -0.05) is 28.1 Å². The van der Waals surface area contributed by atoms with Gasteiger partial charge in [0.05, 0.1) is 6.42 Å². The highest BCUT2D eigenvalue weighted by Crippen LogP contribution is 2.24. The molecule has 94 valence electrons. The van der Waals surface area contributed by atoms with Crippen LogP contribution < -0.4 is 4.74 Å². The van der Waals surface area contributed by atoms with Crippen molar-refractivity contribution in [2.75, 3.05) is 0 Å². The molecule has 0 aliphatic heterocycles. The van der Waals surface area contributed by atoms with Gasteiger partial charge in [-0.3, -0.25) is 4.79 Å². The Morgan fingerprint density at radius 3 is 2.67 bits per heavy atom. The first-order valence-corrected chi connectivity index (χ1v) is 6.41. The van der Waals surface area contributed by atoms with E-state index in [-0.39, 0.29) is 12.5 Å². The van der Waals surface area contributed by atoms with Gasteiger partial charge in [0.25, 0.3) is 0 Å². The van der Waals surface area contributed by atoms with Crippen molar-refractivity contribution in [2.24, 2.45) is 0 Å². The highest BCUT2D eigenvalue weighted by atomic mass is 79.9. The van der Waals surface area contributed by atoms with Crippen LogP contribution in [0.1, 0.15) is 13.3 Å². The average molecular weight is 309 g/mol. The SMILES string of the molecule is CC(CC(=O)O)Oc1ccc2cc(Br)ccc2c1. The van der Waals surface area contributed by atoms with Crippen molar-refractivity contribution < 1.29 is 14.6 Å². The molecule has 2 aromatic rings. The Balaban J connectivity index is 2.20. The molecular formula is C14H13BrO3. The highest BCUT2D eigenvalue weighted by molar-refractivity contribution is 9.10. The molecule has 0 fully saturated rings. The predicted molar refractivity (Wildman–Crippen MR) is 74.0 cm³/mol. The van der Waals surface area contributed by atoms with Gasteiger partial charge in [-0.2, -0.15) is 0 Å². The van der Waals surface area contributed by atoms with E-state index in [0.717, 1.165) is 15.2 Å². The number of ether oxygens (including phenoxy) is 1. The van der Waals surface area contributed by atoms with Gasteiger partial charge in [0, 0.05) is 4.47 Å². The van der Waals surface area contributed by atoms with Crippen molar-refractivity contribution in [3.63, 3.8) is 0 Å². The van der Waals surface area contributed by atoms with Gasteiger partial charge < -0.3 is 9.84 Å². The monoisotopic (exact) mass is 308 g/mol. The molecule has 1 unspecified atom stereocenters. The van der Waals surface area contributed by atoms with Crippen molar-refractivity contribution in [1.29, 1.82) is 0 Å². The second-order valence-electron chi connectivity index (χ2n) is 4.18. The second-order valence-corrected chi connectivity index (χ2v) is 5.10. The summed E-state index contributed by atoms with van der Waals surface area (Å²) in [6, 6.07) is 11.7. The number of carbonyl (C=O) groups is 1. The van der Waals surface area contributed by atoms with Crippen LogP contribution in [0.3, 0.4) is 0 Å². The Bertz CT molecular complexity index is 580. The molecule has 0 saturated carbocycles. The summed E-state index contributed by atoms with van der Waals surface area (Å²) in [6.07, 6.45) is -0.339. The van der Waals surface area contributed by atoms with Crippen LogP contribution in [0, 0.1) is 0 Å². The third-order valence-electron chi connectivity index (χ3n) is 2.57. The van der Waals surface area contributed by atoms with Crippen LogP contribution in [0.4, 0.5) is 0 Å². The van der Waals surface area contributed by atoms with Crippen LogP contribution in [-0.4, -0.2) is 17.2 Å². The molecule has 0 amide bonds. The zero-order valence-corrected chi connectivity index (χ0v) is 11.5. The molecular weight excluding hydrogens is 296 g/mol. The van der Waals surface area contributed by atoms with Gasteiger partial charge in [-0.05, 0) is 42.0 Å². The summed E-state index contributed by atoms with van der Waals surface area (Å²) in [6.45, 7) is 1.75. The molecule has 0 aliphatic carbocycles. The van der Waals surface area contributed by atoms with Crippen molar-refractivity contribution in [2.45, 2.75) is 19.4 Å². The minimum Gasteiger partial charge on any atom is -0.490 e. The number of hydrogen-bond donors (Lipinski definition) is 1. The highest BCUT2D eigenvalue weighted by Gasteiger charge is 2.09. The fourth-order valence-corrected chi connectivity index (χ4v) is 2.17. The lowest BCUT2D eigenvalue weighted by Crippen LogP contribution is -2.16. The lowest BCUT2D eigenvalue weighted by molar-refractivity contribution is -0.138. The summed E-state index contributed by atoms with van der Waals surface area (Å²) >= 11 is 3.42. The fourth-order valence-electron chi connectivity index (χ4n) is 1.79. The van der Waals surface area contributed by atoms with Crippen molar-refractivity contribution >= 4 is 32.7 Å². The van der Waals surface area contributed by atoms with E-state index in [1.54, 1.807) is 6.92 Å². The number of halogens is 1. The van der Waals surface area contributed by atoms with Crippen molar-refractivity contribution in [3.8, 4) is 5.75 Å². The molecule has 1 N–H and O–H groups in total. The van der Waals surface area contributed by atoms with Crippen molar-refractivity contribution in [1.82, 2.24) is 0 Å². The molecule has 0 saturated heterocycles.